The van der Waals surface area contributed by atoms with Crippen LogP contribution in [0.3, 0.4) is 0 Å². The Balaban J connectivity index is 2.00. The number of hydrogen-bond acceptors (Lipinski definition) is 2. The van der Waals surface area contributed by atoms with Crippen molar-refractivity contribution in [1.29, 1.82) is 0 Å². The molecule has 1 nitrogen and oxygen atoms in total. The van der Waals surface area contributed by atoms with E-state index in [1.807, 2.05) is 12.1 Å². The van der Waals surface area contributed by atoms with Crippen molar-refractivity contribution >= 4 is 40.3 Å². The minimum Gasteiger partial charge on any atom is -0.293 e. The average molecular weight is 311 g/mol. The van der Waals surface area contributed by atoms with Crippen molar-refractivity contribution in [2.45, 2.75) is 25.2 Å². The van der Waals surface area contributed by atoms with E-state index in [1.54, 1.807) is 6.07 Å². The maximum atomic E-state index is 12.7. The van der Waals surface area contributed by atoms with Gasteiger partial charge in [-0.25, -0.2) is 0 Å². The summed E-state index contributed by atoms with van der Waals surface area (Å²) >= 11 is 13.3. The van der Waals surface area contributed by atoms with Gasteiger partial charge in [-0.05, 0) is 36.5 Å². The van der Waals surface area contributed by atoms with E-state index in [0.717, 1.165) is 24.8 Å². The van der Waals surface area contributed by atoms with Crippen LogP contribution in [-0.4, -0.2) is 5.78 Å². The molecule has 0 amide bonds. The number of aryl methyl sites for hydroxylation is 1. The lowest BCUT2D eigenvalue weighted by Gasteiger charge is -2.24. The third kappa shape index (κ3) is 2.45. The summed E-state index contributed by atoms with van der Waals surface area (Å²) in [6.07, 6.45) is 2.99. The fourth-order valence-corrected chi connectivity index (χ4v) is 4.20. The van der Waals surface area contributed by atoms with E-state index in [9.17, 15) is 4.79 Å². The van der Waals surface area contributed by atoms with Gasteiger partial charge in [0.25, 0.3) is 0 Å². The van der Waals surface area contributed by atoms with Gasteiger partial charge >= 0.3 is 0 Å². The quantitative estimate of drug-likeness (QED) is 0.683. The van der Waals surface area contributed by atoms with E-state index < -0.39 is 0 Å². The molecular formula is C15H12Cl2OS. The molecule has 0 bridgehead atoms. The molecule has 98 valence electrons. The van der Waals surface area contributed by atoms with E-state index in [1.165, 1.54) is 16.9 Å². The second-order valence-electron chi connectivity index (χ2n) is 4.75. The zero-order chi connectivity index (χ0) is 13.4. The molecule has 4 heteroatoms. The Labute approximate surface area is 126 Å². The third-order valence-electron chi connectivity index (χ3n) is 3.61. The molecule has 0 N–H and O–H groups in total. The van der Waals surface area contributed by atoms with Gasteiger partial charge in [0.1, 0.15) is 4.34 Å². The SMILES string of the molecule is O=C(c1cc(Cl)sc1Cl)C1CCCc2ccccc21. The lowest BCUT2D eigenvalue weighted by Crippen LogP contribution is -2.18. The summed E-state index contributed by atoms with van der Waals surface area (Å²) in [5.41, 5.74) is 3.00. The number of halogens is 2. The summed E-state index contributed by atoms with van der Waals surface area (Å²) < 4.78 is 1.07. The molecule has 0 fully saturated rings. The number of carbonyl (C=O) groups is 1. The van der Waals surface area contributed by atoms with Crippen molar-refractivity contribution in [2.24, 2.45) is 0 Å². The van der Waals surface area contributed by atoms with Crippen molar-refractivity contribution < 1.29 is 4.79 Å². The van der Waals surface area contributed by atoms with Crippen LogP contribution in [0, 0.1) is 0 Å². The molecule has 0 saturated heterocycles. The molecule has 1 atom stereocenters. The Morgan fingerprint density at radius 2 is 2.05 bits per heavy atom. The van der Waals surface area contributed by atoms with Crippen LogP contribution in [0.1, 0.15) is 40.2 Å². The predicted molar refractivity (Wildman–Crippen MR) is 80.8 cm³/mol. The Kier molecular flexibility index (Phi) is 3.66. The first-order valence-electron chi connectivity index (χ1n) is 6.23. The van der Waals surface area contributed by atoms with Crippen LogP contribution < -0.4 is 0 Å². The van der Waals surface area contributed by atoms with Crippen LogP contribution in [0.15, 0.2) is 30.3 Å². The minimum atomic E-state index is -0.0758. The van der Waals surface area contributed by atoms with Crippen molar-refractivity contribution in [1.82, 2.24) is 0 Å². The highest BCUT2D eigenvalue weighted by atomic mass is 35.5. The second kappa shape index (κ2) is 5.28. The lowest BCUT2D eigenvalue weighted by molar-refractivity contribution is 0.0951. The predicted octanol–water partition coefficient (Wildman–Crippen LogP) is 5.36. The smallest absolute Gasteiger partial charge is 0.172 e. The zero-order valence-corrected chi connectivity index (χ0v) is 12.5. The van der Waals surface area contributed by atoms with Crippen LogP contribution in [0.4, 0.5) is 0 Å². The molecule has 0 radical (unpaired) electrons. The van der Waals surface area contributed by atoms with Gasteiger partial charge in [-0.2, -0.15) is 0 Å². The first-order valence-corrected chi connectivity index (χ1v) is 7.81. The average Bonchev–Trinajstić information content (AvgIpc) is 2.76. The summed E-state index contributed by atoms with van der Waals surface area (Å²) in [6, 6.07) is 9.87. The summed E-state index contributed by atoms with van der Waals surface area (Å²) in [4.78, 5) is 12.7. The zero-order valence-electron chi connectivity index (χ0n) is 10.2. The van der Waals surface area contributed by atoms with Crippen LogP contribution in [0.5, 0.6) is 0 Å². The molecule has 0 saturated carbocycles. The van der Waals surface area contributed by atoms with Gasteiger partial charge in [-0.3, -0.25) is 4.79 Å². The summed E-state index contributed by atoms with van der Waals surface area (Å²) in [7, 11) is 0. The monoisotopic (exact) mass is 310 g/mol. The number of Topliss-reactive ketones (excluding diaryl/α,β-unsaturated/α-hetero) is 1. The first kappa shape index (κ1) is 13.2. The van der Waals surface area contributed by atoms with Crippen molar-refractivity contribution in [3.8, 4) is 0 Å². The largest absolute Gasteiger partial charge is 0.293 e. The number of fused-ring (bicyclic) bond motifs is 1. The number of ketones is 1. The summed E-state index contributed by atoms with van der Waals surface area (Å²) in [5.74, 6) is 0.0217. The molecule has 1 aliphatic carbocycles. The second-order valence-corrected chi connectivity index (χ2v) is 7.03. The topological polar surface area (TPSA) is 17.1 Å². The van der Waals surface area contributed by atoms with Gasteiger partial charge in [-0.1, -0.05) is 47.5 Å². The molecule has 19 heavy (non-hydrogen) atoms. The Morgan fingerprint density at radius 1 is 1.26 bits per heavy atom. The van der Waals surface area contributed by atoms with E-state index in [2.05, 4.69) is 12.1 Å². The first-order chi connectivity index (χ1) is 9.16. The van der Waals surface area contributed by atoms with Crippen molar-refractivity contribution in [3.63, 3.8) is 0 Å². The summed E-state index contributed by atoms with van der Waals surface area (Å²) in [5, 5.41) is 0. The molecular weight excluding hydrogens is 299 g/mol. The fraction of sp³-hybridized carbons (Fsp3) is 0.267. The molecule has 1 aromatic carbocycles. The molecule has 0 spiro atoms. The number of hydrogen-bond donors (Lipinski definition) is 0. The number of carbonyl (C=O) groups excluding carboxylic acids is 1. The van der Waals surface area contributed by atoms with E-state index in [4.69, 9.17) is 23.2 Å². The molecule has 1 aliphatic rings. The normalized spacial score (nSPS) is 18.1. The van der Waals surface area contributed by atoms with Crippen molar-refractivity contribution in [2.75, 3.05) is 0 Å². The number of rotatable bonds is 2. The molecule has 1 unspecified atom stereocenters. The molecule has 1 heterocycles. The van der Waals surface area contributed by atoms with Gasteiger partial charge < -0.3 is 0 Å². The lowest BCUT2D eigenvalue weighted by atomic mass is 9.79. The number of benzene rings is 1. The highest BCUT2D eigenvalue weighted by Crippen LogP contribution is 2.38. The van der Waals surface area contributed by atoms with E-state index in [0.29, 0.717) is 14.2 Å². The fourth-order valence-electron chi connectivity index (χ4n) is 2.72. The highest BCUT2D eigenvalue weighted by Gasteiger charge is 2.29. The van der Waals surface area contributed by atoms with Gasteiger partial charge in [0.2, 0.25) is 0 Å². The van der Waals surface area contributed by atoms with Crippen LogP contribution >= 0.6 is 34.5 Å². The van der Waals surface area contributed by atoms with Crippen LogP contribution in [-0.2, 0) is 6.42 Å². The van der Waals surface area contributed by atoms with E-state index in [-0.39, 0.29) is 11.7 Å². The highest BCUT2D eigenvalue weighted by molar-refractivity contribution is 7.20. The molecule has 0 aliphatic heterocycles. The number of thiophene rings is 1. The maximum Gasteiger partial charge on any atom is 0.172 e. The maximum absolute atomic E-state index is 12.7. The summed E-state index contributed by atoms with van der Waals surface area (Å²) in [6.45, 7) is 0. The molecule has 2 aromatic rings. The van der Waals surface area contributed by atoms with Crippen LogP contribution in [0.25, 0.3) is 0 Å². The van der Waals surface area contributed by atoms with E-state index >= 15 is 0 Å². The molecule has 3 rings (SSSR count). The van der Waals surface area contributed by atoms with Crippen molar-refractivity contribution in [3.05, 3.63) is 55.7 Å². The Morgan fingerprint density at radius 3 is 2.79 bits per heavy atom. The van der Waals surface area contributed by atoms with Gasteiger partial charge in [0, 0.05) is 11.5 Å². The van der Waals surface area contributed by atoms with Gasteiger partial charge in [0.15, 0.2) is 5.78 Å². The van der Waals surface area contributed by atoms with Gasteiger partial charge in [-0.15, -0.1) is 11.3 Å². The third-order valence-corrected chi connectivity index (χ3v) is 5.10. The van der Waals surface area contributed by atoms with Crippen LogP contribution in [0.2, 0.25) is 8.67 Å². The van der Waals surface area contributed by atoms with Gasteiger partial charge in [0.05, 0.1) is 4.34 Å². The Bertz CT molecular complexity index is 633. The minimum absolute atomic E-state index is 0.0758. The molecule has 1 aromatic heterocycles. The standard InChI is InChI=1S/C15H12Cl2OS/c16-13-8-12(15(17)19-13)14(18)11-7-3-5-9-4-1-2-6-10(9)11/h1-2,4,6,8,11H,3,5,7H2. The Hall–Kier alpha value is -0.830.